The van der Waals surface area contributed by atoms with Gasteiger partial charge in [0.2, 0.25) is 0 Å². The summed E-state index contributed by atoms with van der Waals surface area (Å²) in [5, 5.41) is 34.0. The third-order valence-corrected chi connectivity index (χ3v) is 8.89. The lowest BCUT2D eigenvalue weighted by Gasteiger charge is -2.49. The van der Waals surface area contributed by atoms with E-state index >= 15 is 0 Å². The summed E-state index contributed by atoms with van der Waals surface area (Å²) >= 11 is 0. The second-order valence-electron chi connectivity index (χ2n) is 11.4. The zero-order chi connectivity index (χ0) is 26.0. The van der Waals surface area contributed by atoms with Crippen LogP contribution >= 0.6 is 0 Å². The number of aliphatic hydroxyl groups excluding tert-OH is 1. The molecule has 0 aromatic rings. The summed E-state index contributed by atoms with van der Waals surface area (Å²) in [4.78, 5) is 38.5. The summed E-state index contributed by atoms with van der Waals surface area (Å²) in [6.07, 6.45) is 3.79. The molecule has 2 saturated carbocycles. The van der Waals surface area contributed by atoms with Gasteiger partial charge in [0, 0.05) is 48.9 Å². The standard InChI is InChI=1S/C27H38O8/c1-6-8-20(29)34-19-13-25(32)17(22-24(4,5)27(19,22)35-21(30)9-7-2)11-16(14-28)12-26(33)18(25)10-15(3)23(26)31/h10-11,17-19,22,28,32-33H,6-9,12-14H2,1-5H3/t17-,18-,19+,22?,25+,26+,27-/m0/s1. The van der Waals surface area contributed by atoms with Crippen LogP contribution in [-0.4, -0.2) is 62.6 Å². The Kier molecular flexibility index (Phi) is 6.34. The fourth-order valence-corrected chi connectivity index (χ4v) is 7.29. The average Bonchev–Trinajstić information content (AvgIpc) is 3.20. The van der Waals surface area contributed by atoms with Crippen LogP contribution in [0.2, 0.25) is 0 Å². The van der Waals surface area contributed by atoms with E-state index in [9.17, 15) is 29.7 Å². The van der Waals surface area contributed by atoms with E-state index in [4.69, 9.17) is 9.47 Å². The molecule has 0 radical (unpaired) electrons. The molecule has 194 valence electrons. The maximum atomic E-state index is 13.0. The Morgan fingerprint density at radius 2 is 1.71 bits per heavy atom. The molecule has 35 heavy (non-hydrogen) atoms. The maximum Gasteiger partial charge on any atom is 0.306 e. The molecular weight excluding hydrogens is 452 g/mol. The lowest BCUT2D eigenvalue weighted by Crippen LogP contribution is -2.61. The van der Waals surface area contributed by atoms with Crippen molar-refractivity contribution >= 4 is 17.7 Å². The van der Waals surface area contributed by atoms with Crippen LogP contribution in [0, 0.1) is 23.2 Å². The Morgan fingerprint density at radius 3 is 2.31 bits per heavy atom. The van der Waals surface area contributed by atoms with E-state index in [-0.39, 0.29) is 32.3 Å². The molecule has 0 saturated heterocycles. The van der Waals surface area contributed by atoms with Crippen LogP contribution in [-0.2, 0) is 23.9 Å². The van der Waals surface area contributed by atoms with Gasteiger partial charge in [-0.2, -0.15) is 0 Å². The Morgan fingerprint density at radius 1 is 1.09 bits per heavy atom. The van der Waals surface area contributed by atoms with E-state index in [0.717, 1.165) is 0 Å². The molecule has 0 aromatic carbocycles. The fourth-order valence-electron chi connectivity index (χ4n) is 7.29. The molecule has 4 aliphatic rings. The van der Waals surface area contributed by atoms with Gasteiger partial charge in [-0.3, -0.25) is 14.4 Å². The van der Waals surface area contributed by atoms with Crippen LogP contribution < -0.4 is 0 Å². The minimum Gasteiger partial charge on any atom is -0.458 e. The van der Waals surface area contributed by atoms with Gasteiger partial charge in [-0.1, -0.05) is 39.8 Å². The van der Waals surface area contributed by atoms with Crippen molar-refractivity contribution in [2.75, 3.05) is 6.61 Å². The average molecular weight is 491 g/mol. The second-order valence-corrected chi connectivity index (χ2v) is 11.4. The number of Topliss-reactive ketones (excluding diaryl/α,β-unsaturated/α-hetero) is 1. The molecule has 4 aliphatic carbocycles. The summed E-state index contributed by atoms with van der Waals surface area (Å²) in [6.45, 7) is 8.81. The normalized spacial score (nSPS) is 41.0. The van der Waals surface area contributed by atoms with Crippen molar-refractivity contribution < 1.29 is 39.2 Å². The van der Waals surface area contributed by atoms with Gasteiger partial charge in [0.25, 0.3) is 0 Å². The zero-order valence-electron chi connectivity index (χ0n) is 21.3. The number of hydrogen-bond acceptors (Lipinski definition) is 8. The predicted octanol–water partition coefficient (Wildman–Crippen LogP) is 2.39. The Hall–Kier alpha value is -2.03. The number of fused-ring (bicyclic) bond motifs is 5. The van der Waals surface area contributed by atoms with Crippen molar-refractivity contribution in [3.05, 3.63) is 23.3 Å². The first-order valence-corrected chi connectivity index (χ1v) is 12.7. The van der Waals surface area contributed by atoms with E-state index in [0.29, 0.717) is 24.0 Å². The van der Waals surface area contributed by atoms with Crippen LogP contribution in [0.3, 0.4) is 0 Å². The van der Waals surface area contributed by atoms with E-state index in [1.54, 1.807) is 19.1 Å². The predicted molar refractivity (Wildman–Crippen MR) is 126 cm³/mol. The van der Waals surface area contributed by atoms with Gasteiger partial charge in [-0.05, 0) is 30.9 Å². The molecule has 0 aliphatic heterocycles. The van der Waals surface area contributed by atoms with Gasteiger partial charge in [-0.25, -0.2) is 0 Å². The number of rotatable bonds is 7. The SMILES string of the molecule is CCCC(=O)O[C@@H]1C[C@@]2(O)[C@@H](C=C(CO)C[C@]3(O)C(=O)C(C)=C[C@@H]23)C2C(C)(C)[C@@]21OC(=O)CCC. The Balaban J connectivity index is 1.86. The first kappa shape index (κ1) is 26.0. The summed E-state index contributed by atoms with van der Waals surface area (Å²) in [5.41, 5.74) is -4.57. The lowest BCUT2D eigenvalue weighted by molar-refractivity contribution is -0.207. The molecule has 0 aromatic heterocycles. The largest absolute Gasteiger partial charge is 0.458 e. The first-order chi connectivity index (χ1) is 16.3. The Labute approximate surface area is 206 Å². The minimum absolute atomic E-state index is 0.101. The highest BCUT2D eigenvalue weighted by molar-refractivity contribution is 6.04. The topological polar surface area (TPSA) is 130 Å². The lowest BCUT2D eigenvalue weighted by atomic mass is 9.63. The first-order valence-electron chi connectivity index (χ1n) is 12.7. The summed E-state index contributed by atoms with van der Waals surface area (Å²) in [5.74, 6) is -3.35. The third kappa shape index (κ3) is 3.55. The van der Waals surface area contributed by atoms with E-state index in [2.05, 4.69) is 0 Å². The highest BCUT2D eigenvalue weighted by Gasteiger charge is 2.86. The smallest absolute Gasteiger partial charge is 0.306 e. The number of ketones is 1. The number of esters is 2. The highest BCUT2D eigenvalue weighted by Crippen LogP contribution is 2.76. The van der Waals surface area contributed by atoms with Gasteiger partial charge >= 0.3 is 11.9 Å². The van der Waals surface area contributed by atoms with Gasteiger partial charge in [0.05, 0.1) is 12.2 Å². The molecule has 0 bridgehead atoms. The molecule has 0 amide bonds. The number of carbonyl (C=O) groups is 3. The molecular formula is C27H38O8. The molecule has 0 heterocycles. The Bertz CT molecular complexity index is 995. The molecule has 8 heteroatoms. The third-order valence-electron chi connectivity index (χ3n) is 8.89. The van der Waals surface area contributed by atoms with E-state index < -0.39 is 63.8 Å². The molecule has 2 fully saturated rings. The zero-order valence-corrected chi connectivity index (χ0v) is 21.3. The van der Waals surface area contributed by atoms with Crippen molar-refractivity contribution in [3.8, 4) is 0 Å². The van der Waals surface area contributed by atoms with Gasteiger partial charge in [0.1, 0.15) is 11.7 Å². The maximum absolute atomic E-state index is 13.0. The summed E-state index contributed by atoms with van der Waals surface area (Å²) in [6, 6.07) is 0. The highest BCUT2D eigenvalue weighted by atomic mass is 16.6. The minimum atomic E-state index is -1.90. The molecule has 7 atom stereocenters. The van der Waals surface area contributed by atoms with Gasteiger partial charge in [0.15, 0.2) is 11.4 Å². The fraction of sp³-hybridized carbons (Fsp3) is 0.741. The number of aliphatic hydroxyl groups is 3. The quantitative estimate of drug-likeness (QED) is 0.366. The van der Waals surface area contributed by atoms with Gasteiger partial charge < -0.3 is 24.8 Å². The van der Waals surface area contributed by atoms with Crippen molar-refractivity contribution in [2.24, 2.45) is 23.2 Å². The van der Waals surface area contributed by atoms with Crippen molar-refractivity contribution in [1.82, 2.24) is 0 Å². The molecule has 8 nitrogen and oxygen atoms in total. The number of ether oxygens (including phenoxy) is 2. The van der Waals surface area contributed by atoms with Crippen LogP contribution in [0.25, 0.3) is 0 Å². The second kappa shape index (κ2) is 8.53. The van der Waals surface area contributed by atoms with Crippen LogP contribution in [0.1, 0.15) is 73.1 Å². The van der Waals surface area contributed by atoms with Crippen molar-refractivity contribution in [2.45, 2.75) is 96.1 Å². The van der Waals surface area contributed by atoms with Crippen molar-refractivity contribution in [3.63, 3.8) is 0 Å². The molecule has 3 N–H and O–H groups in total. The molecule has 0 spiro atoms. The summed E-state index contributed by atoms with van der Waals surface area (Å²) < 4.78 is 12.0. The van der Waals surface area contributed by atoms with Crippen LogP contribution in [0.4, 0.5) is 0 Å². The molecule has 4 rings (SSSR count). The van der Waals surface area contributed by atoms with Gasteiger partial charge in [-0.15, -0.1) is 0 Å². The monoisotopic (exact) mass is 490 g/mol. The van der Waals surface area contributed by atoms with Crippen molar-refractivity contribution in [1.29, 1.82) is 0 Å². The van der Waals surface area contributed by atoms with Crippen LogP contribution in [0.5, 0.6) is 0 Å². The number of hydrogen-bond donors (Lipinski definition) is 3. The summed E-state index contributed by atoms with van der Waals surface area (Å²) in [7, 11) is 0. The van der Waals surface area contributed by atoms with Crippen LogP contribution in [0.15, 0.2) is 23.3 Å². The van der Waals surface area contributed by atoms with E-state index in [1.165, 1.54) is 0 Å². The van der Waals surface area contributed by atoms with E-state index in [1.807, 2.05) is 27.7 Å². The number of carbonyl (C=O) groups excluding carboxylic acids is 3. The molecule has 1 unspecified atom stereocenters.